The van der Waals surface area contributed by atoms with E-state index in [0.717, 1.165) is 4.47 Å². The lowest BCUT2D eigenvalue weighted by atomic mass is 10.2. The predicted molar refractivity (Wildman–Crippen MR) is 125 cm³/mol. The molecule has 0 amide bonds. The molecule has 0 aliphatic rings. The Morgan fingerprint density at radius 2 is 1.94 bits per heavy atom. The summed E-state index contributed by atoms with van der Waals surface area (Å²) in [5.41, 5.74) is 0.952. The number of aromatic nitrogens is 2. The number of carboxylic acids is 1. The van der Waals surface area contributed by atoms with Gasteiger partial charge in [0.2, 0.25) is 0 Å². The first-order valence-electron chi connectivity index (χ1n) is 9.40. The van der Waals surface area contributed by atoms with Crippen LogP contribution in [-0.4, -0.2) is 40.2 Å². The van der Waals surface area contributed by atoms with E-state index in [1.54, 1.807) is 24.3 Å². The summed E-state index contributed by atoms with van der Waals surface area (Å²) < 4.78 is 13.5. The molecule has 0 fully saturated rings. The Kier molecular flexibility index (Phi) is 7.45. The fraction of sp³-hybridized carbons (Fsp3) is 0.238. The fourth-order valence-corrected chi connectivity index (χ4v) is 3.62. The van der Waals surface area contributed by atoms with Gasteiger partial charge in [-0.3, -0.25) is 4.79 Å². The number of benzene rings is 2. The number of carbonyl (C=O) groups is 1. The lowest BCUT2D eigenvalue weighted by Crippen LogP contribution is -2.22. The molecule has 0 aliphatic heterocycles. The smallest absolute Gasteiger partial charge is 0.341 e. The molecule has 0 unspecified atom stereocenters. The van der Waals surface area contributed by atoms with Gasteiger partial charge >= 0.3 is 5.97 Å². The van der Waals surface area contributed by atoms with E-state index < -0.39 is 12.6 Å². The topological polar surface area (TPSA) is 103 Å². The maximum Gasteiger partial charge on any atom is 0.341 e. The third-order valence-corrected chi connectivity index (χ3v) is 5.40. The number of halogens is 2. The Morgan fingerprint density at radius 3 is 2.61 bits per heavy atom. The minimum Gasteiger partial charge on any atom is -0.490 e. The SMILES string of the molecule is CCOc1cc(C=Nn2c(CC)nc3ccc(Br)cc3c2=O)c(Br)cc1OCC(=O)O. The molecule has 0 radical (unpaired) electrons. The van der Waals surface area contributed by atoms with E-state index in [0.29, 0.717) is 45.5 Å². The number of fused-ring (bicyclic) bond motifs is 1. The monoisotopic (exact) mass is 551 g/mol. The van der Waals surface area contributed by atoms with E-state index in [1.807, 2.05) is 19.9 Å². The maximum atomic E-state index is 13.0. The van der Waals surface area contributed by atoms with Crippen LogP contribution in [0.25, 0.3) is 10.9 Å². The Bertz CT molecular complexity index is 1220. The van der Waals surface area contributed by atoms with Crippen molar-refractivity contribution in [2.45, 2.75) is 20.3 Å². The number of ether oxygens (including phenoxy) is 2. The average Bonchev–Trinajstić information content (AvgIpc) is 2.74. The van der Waals surface area contributed by atoms with Crippen LogP contribution in [0.3, 0.4) is 0 Å². The number of aliphatic carboxylic acids is 1. The van der Waals surface area contributed by atoms with E-state index in [1.165, 1.54) is 10.9 Å². The molecule has 0 saturated heterocycles. The molecule has 10 heteroatoms. The largest absolute Gasteiger partial charge is 0.490 e. The summed E-state index contributed by atoms with van der Waals surface area (Å²) >= 11 is 6.81. The van der Waals surface area contributed by atoms with Crippen LogP contribution < -0.4 is 15.0 Å². The quantitative estimate of drug-likeness (QED) is 0.419. The first-order chi connectivity index (χ1) is 14.8. The zero-order valence-corrected chi connectivity index (χ0v) is 19.9. The Morgan fingerprint density at radius 1 is 1.19 bits per heavy atom. The highest BCUT2D eigenvalue weighted by Gasteiger charge is 2.13. The van der Waals surface area contributed by atoms with Crippen LogP contribution in [0.5, 0.6) is 11.5 Å². The van der Waals surface area contributed by atoms with Gasteiger partial charge in [-0.2, -0.15) is 9.78 Å². The Balaban J connectivity index is 2.05. The van der Waals surface area contributed by atoms with Gasteiger partial charge < -0.3 is 14.6 Å². The highest BCUT2D eigenvalue weighted by Crippen LogP contribution is 2.33. The van der Waals surface area contributed by atoms with Crippen LogP contribution in [0, 0.1) is 0 Å². The van der Waals surface area contributed by atoms with Gasteiger partial charge in [-0.05, 0) is 53.2 Å². The summed E-state index contributed by atoms with van der Waals surface area (Å²) in [5.74, 6) is 0.0960. The molecule has 1 N–H and O–H groups in total. The van der Waals surface area contributed by atoms with Crippen molar-refractivity contribution < 1.29 is 19.4 Å². The van der Waals surface area contributed by atoms with E-state index >= 15 is 0 Å². The highest BCUT2D eigenvalue weighted by molar-refractivity contribution is 9.10. The zero-order valence-electron chi connectivity index (χ0n) is 16.8. The van der Waals surface area contributed by atoms with Crippen molar-refractivity contribution >= 4 is 54.9 Å². The van der Waals surface area contributed by atoms with Crippen LogP contribution in [0.2, 0.25) is 0 Å². The van der Waals surface area contributed by atoms with Gasteiger partial charge in [0.05, 0.1) is 23.7 Å². The van der Waals surface area contributed by atoms with E-state index in [4.69, 9.17) is 14.6 Å². The lowest BCUT2D eigenvalue weighted by molar-refractivity contribution is -0.139. The summed E-state index contributed by atoms with van der Waals surface area (Å²) in [6.45, 7) is 3.58. The van der Waals surface area contributed by atoms with Gasteiger partial charge in [0, 0.05) is 20.9 Å². The molecule has 3 aromatic rings. The summed E-state index contributed by atoms with van der Waals surface area (Å²) in [5, 5.41) is 13.7. The minimum absolute atomic E-state index is 0.276. The highest BCUT2D eigenvalue weighted by atomic mass is 79.9. The minimum atomic E-state index is -1.09. The van der Waals surface area contributed by atoms with Crippen LogP contribution in [0.15, 0.2) is 49.2 Å². The standard InChI is InChI=1S/C21H19Br2N3O5/c1-3-19-25-16-6-5-13(22)8-14(16)21(29)26(19)24-10-12-7-17(30-4-2)18(9-15(12)23)31-11-20(27)28/h5-10H,3-4,11H2,1-2H3,(H,27,28). The van der Waals surface area contributed by atoms with E-state index in [9.17, 15) is 9.59 Å². The first kappa shape index (κ1) is 23.0. The van der Waals surface area contributed by atoms with Gasteiger partial charge in [0.25, 0.3) is 5.56 Å². The Hall–Kier alpha value is -2.72. The van der Waals surface area contributed by atoms with Crippen LogP contribution >= 0.6 is 31.9 Å². The molecule has 0 bridgehead atoms. The number of nitrogens with zero attached hydrogens (tertiary/aromatic N) is 3. The van der Waals surface area contributed by atoms with Crippen molar-refractivity contribution in [2.24, 2.45) is 5.10 Å². The average molecular weight is 553 g/mol. The second-order valence-electron chi connectivity index (χ2n) is 6.34. The molecule has 8 nitrogen and oxygen atoms in total. The van der Waals surface area contributed by atoms with Gasteiger partial charge in [0.15, 0.2) is 18.1 Å². The van der Waals surface area contributed by atoms with Crippen LogP contribution in [0.1, 0.15) is 25.2 Å². The third-order valence-electron chi connectivity index (χ3n) is 4.22. The molecule has 2 aromatic carbocycles. The number of hydrogen-bond acceptors (Lipinski definition) is 6. The zero-order chi connectivity index (χ0) is 22.5. The summed E-state index contributed by atoms with van der Waals surface area (Å²) in [6.07, 6.45) is 2.03. The fourth-order valence-electron chi connectivity index (χ4n) is 2.83. The van der Waals surface area contributed by atoms with Gasteiger partial charge in [-0.15, -0.1) is 0 Å². The van der Waals surface area contributed by atoms with Gasteiger partial charge in [0.1, 0.15) is 5.82 Å². The second-order valence-corrected chi connectivity index (χ2v) is 8.11. The van der Waals surface area contributed by atoms with E-state index in [2.05, 4.69) is 41.9 Å². The number of aryl methyl sites for hydroxylation is 1. The normalized spacial score (nSPS) is 11.2. The maximum absolute atomic E-state index is 13.0. The predicted octanol–water partition coefficient (Wildman–Crippen LogP) is 4.23. The van der Waals surface area contributed by atoms with Crippen molar-refractivity contribution in [2.75, 3.05) is 13.2 Å². The van der Waals surface area contributed by atoms with Crippen molar-refractivity contribution in [3.05, 3.63) is 61.0 Å². The number of hydrogen-bond donors (Lipinski definition) is 1. The van der Waals surface area contributed by atoms with Gasteiger partial charge in [-0.1, -0.05) is 22.9 Å². The molecule has 162 valence electrons. The molecule has 31 heavy (non-hydrogen) atoms. The van der Waals surface area contributed by atoms with Crippen molar-refractivity contribution in [3.8, 4) is 11.5 Å². The number of carboxylic acid groups (broad SMARTS) is 1. The second kappa shape index (κ2) is 10.1. The summed E-state index contributed by atoms with van der Waals surface area (Å²) in [7, 11) is 0. The molecular weight excluding hydrogens is 534 g/mol. The van der Waals surface area contributed by atoms with Crippen molar-refractivity contribution in [1.82, 2.24) is 9.66 Å². The molecular formula is C21H19Br2N3O5. The molecule has 0 spiro atoms. The summed E-state index contributed by atoms with van der Waals surface area (Å²) in [6, 6.07) is 8.61. The van der Waals surface area contributed by atoms with Gasteiger partial charge in [-0.25, -0.2) is 9.78 Å². The van der Waals surface area contributed by atoms with Crippen molar-refractivity contribution in [3.63, 3.8) is 0 Å². The molecule has 1 aromatic heterocycles. The Labute approximate surface area is 194 Å². The number of rotatable bonds is 8. The molecule has 3 rings (SSSR count). The molecule has 0 atom stereocenters. The molecule has 0 aliphatic carbocycles. The molecule has 1 heterocycles. The van der Waals surface area contributed by atoms with Crippen LogP contribution in [0.4, 0.5) is 0 Å². The van der Waals surface area contributed by atoms with E-state index in [-0.39, 0.29) is 11.3 Å². The lowest BCUT2D eigenvalue weighted by Gasteiger charge is -2.13. The first-order valence-corrected chi connectivity index (χ1v) is 11.0. The summed E-state index contributed by atoms with van der Waals surface area (Å²) in [4.78, 5) is 28.4. The third kappa shape index (κ3) is 5.31. The molecule has 0 saturated carbocycles. The van der Waals surface area contributed by atoms with Crippen LogP contribution in [-0.2, 0) is 11.2 Å². The van der Waals surface area contributed by atoms with Crippen molar-refractivity contribution in [1.29, 1.82) is 0 Å².